The van der Waals surface area contributed by atoms with Crippen LogP contribution >= 0.6 is 11.3 Å². The number of benzene rings is 2. The second-order valence-corrected chi connectivity index (χ2v) is 6.86. The van der Waals surface area contributed by atoms with Crippen LogP contribution in [0.1, 0.15) is 20.8 Å². The molecule has 0 saturated carbocycles. The first-order valence-corrected chi connectivity index (χ1v) is 8.60. The van der Waals surface area contributed by atoms with Gasteiger partial charge in [0.1, 0.15) is 11.2 Å². The molecule has 0 fully saturated rings. The van der Waals surface area contributed by atoms with Gasteiger partial charge in [-0.15, -0.1) is 0 Å². The van der Waals surface area contributed by atoms with Crippen molar-refractivity contribution in [3.8, 4) is 16.4 Å². The van der Waals surface area contributed by atoms with Gasteiger partial charge in [0, 0.05) is 5.56 Å². The summed E-state index contributed by atoms with van der Waals surface area (Å²) in [6.07, 6.45) is 1.70. The van der Waals surface area contributed by atoms with Gasteiger partial charge < -0.3 is 5.11 Å². The van der Waals surface area contributed by atoms with Crippen molar-refractivity contribution >= 4 is 28.3 Å². The number of carboxylic acids is 1. The highest BCUT2D eigenvalue weighted by Gasteiger charge is 2.20. The van der Waals surface area contributed by atoms with Crippen LogP contribution in [0.5, 0.6) is 0 Å². The number of hydrogen-bond acceptors (Lipinski definition) is 4. The van der Waals surface area contributed by atoms with Crippen molar-refractivity contribution in [3.63, 3.8) is 0 Å². The minimum Gasteiger partial charge on any atom is -0.477 e. The van der Waals surface area contributed by atoms with E-state index in [1.54, 1.807) is 6.33 Å². The monoisotopic (exact) mass is 349 g/mol. The molecule has 0 radical (unpaired) electrons. The summed E-state index contributed by atoms with van der Waals surface area (Å²) in [6.45, 7) is 4.10. The maximum atomic E-state index is 11.7. The van der Waals surface area contributed by atoms with Crippen LogP contribution in [0.3, 0.4) is 0 Å². The summed E-state index contributed by atoms with van der Waals surface area (Å²) in [5.74, 6) is -0.973. The van der Waals surface area contributed by atoms with Crippen LogP contribution in [0, 0.1) is 13.8 Å². The summed E-state index contributed by atoms with van der Waals surface area (Å²) < 4.78 is 1.85. The highest BCUT2D eigenvalue weighted by atomic mass is 32.1. The lowest BCUT2D eigenvalue weighted by Crippen LogP contribution is -1.95. The van der Waals surface area contributed by atoms with Crippen LogP contribution in [0.25, 0.3) is 27.4 Å². The third-order valence-corrected chi connectivity index (χ3v) is 5.27. The molecule has 1 N–H and O–H groups in total. The lowest BCUT2D eigenvalue weighted by Gasteiger charge is -2.02. The fourth-order valence-corrected chi connectivity index (χ4v) is 3.68. The number of aromatic carboxylic acids is 1. The molecule has 0 atom stereocenters. The van der Waals surface area contributed by atoms with E-state index >= 15 is 0 Å². The Morgan fingerprint density at radius 1 is 1.12 bits per heavy atom. The molecule has 2 heterocycles. The largest absolute Gasteiger partial charge is 0.477 e. The summed E-state index contributed by atoms with van der Waals surface area (Å²) in [7, 11) is 0. The molecule has 0 saturated heterocycles. The third kappa shape index (κ3) is 2.60. The number of carboxylic acid groups (broad SMARTS) is 1. The lowest BCUT2D eigenvalue weighted by molar-refractivity contribution is 0.0702. The van der Waals surface area contributed by atoms with Gasteiger partial charge >= 0.3 is 5.97 Å². The average Bonchev–Trinajstić information content (AvgIpc) is 3.20. The van der Waals surface area contributed by atoms with E-state index in [2.05, 4.69) is 16.0 Å². The molecule has 0 amide bonds. The molecule has 4 rings (SSSR count). The van der Waals surface area contributed by atoms with Crippen LogP contribution < -0.4 is 0 Å². The third-order valence-electron chi connectivity index (χ3n) is 4.23. The Bertz CT molecular complexity index is 1100. The first-order chi connectivity index (χ1) is 12.0. The van der Waals surface area contributed by atoms with E-state index < -0.39 is 5.97 Å². The second-order valence-electron chi connectivity index (χ2n) is 5.89. The summed E-state index contributed by atoms with van der Waals surface area (Å²) in [5.41, 5.74) is 5.41. The van der Waals surface area contributed by atoms with Crippen LogP contribution in [-0.2, 0) is 0 Å². The first-order valence-electron chi connectivity index (χ1n) is 7.79. The van der Waals surface area contributed by atoms with Crippen molar-refractivity contribution in [1.82, 2.24) is 14.5 Å². The molecule has 25 heavy (non-hydrogen) atoms. The Morgan fingerprint density at radius 2 is 1.84 bits per heavy atom. The predicted molar refractivity (Wildman–Crippen MR) is 98.6 cm³/mol. The molecular formula is C19H15N3O2S. The molecule has 0 aliphatic carbocycles. The number of aromatic nitrogens is 3. The molecule has 2 aromatic carbocycles. The van der Waals surface area contributed by atoms with Gasteiger partial charge in [-0.05, 0) is 37.1 Å². The maximum Gasteiger partial charge on any atom is 0.348 e. The summed E-state index contributed by atoms with van der Waals surface area (Å²) in [4.78, 5) is 21.0. The van der Waals surface area contributed by atoms with Crippen molar-refractivity contribution in [1.29, 1.82) is 0 Å². The SMILES string of the molecule is Cc1cc2ncn(-c3nc(-c4ccccc4)c(C(=O)O)s3)c2cc1C. The van der Waals surface area contributed by atoms with E-state index in [4.69, 9.17) is 0 Å². The predicted octanol–water partition coefficient (Wildman–Crippen LogP) is 4.46. The smallest absolute Gasteiger partial charge is 0.348 e. The fourth-order valence-electron chi connectivity index (χ4n) is 2.77. The van der Waals surface area contributed by atoms with Crippen molar-refractivity contribution in [3.05, 3.63) is 64.8 Å². The lowest BCUT2D eigenvalue weighted by atomic mass is 10.1. The van der Waals surface area contributed by atoms with Crippen LogP contribution in [0.4, 0.5) is 0 Å². The molecule has 0 bridgehead atoms. The molecule has 4 aromatic rings. The van der Waals surface area contributed by atoms with Gasteiger partial charge in [-0.25, -0.2) is 14.8 Å². The van der Waals surface area contributed by atoms with Crippen molar-refractivity contribution in [2.45, 2.75) is 13.8 Å². The van der Waals surface area contributed by atoms with E-state index in [9.17, 15) is 9.90 Å². The Balaban J connectivity index is 1.93. The highest BCUT2D eigenvalue weighted by Crippen LogP contribution is 2.32. The van der Waals surface area contributed by atoms with Crippen LogP contribution in [-0.4, -0.2) is 25.6 Å². The summed E-state index contributed by atoms with van der Waals surface area (Å²) in [6, 6.07) is 13.5. The highest BCUT2D eigenvalue weighted by molar-refractivity contribution is 7.16. The van der Waals surface area contributed by atoms with Crippen LogP contribution in [0.15, 0.2) is 48.8 Å². The summed E-state index contributed by atoms with van der Waals surface area (Å²) in [5, 5.41) is 10.2. The molecule has 0 aliphatic heterocycles. The van der Waals surface area contributed by atoms with E-state index in [0.717, 1.165) is 33.5 Å². The molecule has 124 valence electrons. The molecular weight excluding hydrogens is 334 g/mol. The zero-order valence-electron chi connectivity index (χ0n) is 13.7. The zero-order chi connectivity index (χ0) is 17.6. The number of rotatable bonds is 3. The number of carbonyl (C=O) groups is 1. The van der Waals surface area contributed by atoms with Gasteiger partial charge in [0.25, 0.3) is 0 Å². The first kappa shape index (κ1) is 15.5. The normalized spacial score (nSPS) is 11.1. The van der Waals surface area contributed by atoms with Gasteiger partial charge in [0.15, 0.2) is 5.13 Å². The van der Waals surface area contributed by atoms with Gasteiger partial charge in [-0.1, -0.05) is 41.7 Å². The molecule has 0 aliphatic rings. The maximum absolute atomic E-state index is 11.7. The molecule has 0 unspecified atom stereocenters. The van der Waals surface area contributed by atoms with Crippen molar-refractivity contribution < 1.29 is 9.90 Å². The Hall–Kier alpha value is -2.99. The minimum absolute atomic E-state index is 0.229. The zero-order valence-corrected chi connectivity index (χ0v) is 14.5. The molecule has 2 aromatic heterocycles. The summed E-state index contributed by atoms with van der Waals surface area (Å²) >= 11 is 1.16. The number of nitrogens with zero attached hydrogens (tertiary/aromatic N) is 3. The second kappa shape index (κ2) is 5.82. The molecule has 6 heteroatoms. The van der Waals surface area contributed by atoms with Gasteiger partial charge in [0.05, 0.1) is 16.7 Å². The van der Waals surface area contributed by atoms with Crippen molar-refractivity contribution in [2.24, 2.45) is 0 Å². The fraction of sp³-hybridized carbons (Fsp3) is 0.105. The Labute approximate surface area is 148 Å². The molecule has 0 spiro atoms. The molecule has 5 nitrogen and oxygen atoms in total. The van der Waals surface area contributed by atoms with Crippen molar-refractivity contribution in [2.75, 3.05) is 0 Å². The Morgan fingerprint density at radius 3 is 2.56 bits per heavy atom. The van der Waals surface area contributed by atoms with Gasteiger partial charge in [-0.3, -0.25) is 4.57 Å². The topological polar surface area (TPSA) is 68.0 Å². The Kier molecular flexibility index (Phi) is 3.62. The number of aryl methyl sites for hydroxylation is 2. The van der Waals surface area contributed by atoms with Gasteiger partial charge in [0.2, 0.25) is 0 Å². The van der Waals surface area contributed by atoms with Gasteiger partial charge in [-0.2, -0.15) is 0 Å². The van der Waals surface area contributed by atoms with E-state index in [0.29, 0.717) is 10.8 Å². The number of imidazole rings is 1. The van der Waals surface area contributed by atoms with E-state index in [-0.39, 0.29) is 4.88 Å². The minimum atomic E-state index is -0.973. The van der Waals surface area contributed by atoms with Crippen LogP contribution in [0.2, 0.25) is 0 Å². The number of fused-ring (bicyclic) bond motifs is 1. The van der Waals surface area contributed by atoms with E-state index in [1.165, 1.54) is 5.56 Å². The van der Waals surface area contributed by atoms with E-state index in [1.807, 2.05) is 54.8 Å². The quantitative estimate of drug-likeness (QED) is 0.593. The standard InChI is InChI=1S/C19H15N3O2S/c1-11-8-14-15(9-12(11)2)22(10-20-14)19-21-16(17(25-19)18(23)24)13-6-4-3-5-7-13/h3-10H,1-2H3,(H,23,24). The number of hydrogen-bond donors (Lipinski definition) is 1. The average molecular weight is 349 g/mol. The number of thiazole rings is 1.